The molecular formula is C49H82O18P2. The molecule has 2 rings (SSSR count). The average Bonchev–Trinajstić information content (AvgIpc) is 3.30. The summed E-state index contributed by atoms with van der Waals surface area (Å²) in [6.07, 6.45) is 15.7. The third-order valence-corrected chi connectivity index (χ3v) is 13.3. The molecule has 0 aromatic carbocycles. The van der Waals surface area contributed by atoms with E-state index in [1.807, 2.05) is 6.92 Å². The van der Waals surface area contributed by atoms with Crippen LogP contribution in [-0.4, -0.2) is 120 Å². The van der Waals surface area contributed by atoms with Gasteiger partial charge in [0.15, 0.2) is 11.9 Å². The number of fused-ring (bicyclic) bond motifs is 4. The molecular weight excluding hydrogens is 938 g/mol. The van der Waals surface area contributed by atoms with E-state index >= 15 is 0 Å². The van der Waals surface area contributed by atoms with E-state index < -0.39 is 107 Å². The molecule has 2 aliphatic rings. The van der Waals surface area contributed by atoms with E-state index in [9.17, 15) is 63.7 Å². The lowest BCUT2D eigenvalue weighted by atomic mass is 9.87. The summed E-state index contributed by atoms with van der Waals surface area (Å²) in [7, 11) is -11.4. The Bertz CT molecular complexity index is 1710. The van der Waals surface area contributed by atoms with Crippen molar-refractivity contribution in [2.75, 3.05) is 13.2 Å². The third kappa shape index (κ3) is 27.7. The van der Waals surface area contributed by atoms with Gasteiger partial charge in [0.2, 0.25) is 0 Å². The number of phosphoric ester groups is 2. The van der Waals surface area contributed by atoms with Gasteiger partial charge in [-0.25, -0.2) is 9.13 Å². The third-order valence-electron chi connectivity index (χ3n) is 11.8. The maximum atomic E-state index is 13.8. The first kappa shape index (κ1) is 62.4. The molecule has 8 N–H and O–H groups in total. The highest BCUT2D eigenvalue weighted by Gasteiger charge is 2.50. The van der Waals surface area contributed by atoms with Crippen molar-refractivity contribution >= 4 is 33.4 Å². The molecule has 0 amide bonds. The highest BCUT2D eigenvalue weighted by Crippen LogP contribution is 2.49. The molecule has 1 heterocycles. The number of aliphatic hydroxyl groups excluding tert-OH is 5. The van der Waals surface area contributed by atoms with Crippen molar-refractivity contribution in [2.45, 2.75) is 204 Å². The zero-order valence-corrected chi connectivity index (χ0v) is 42.4. The molecule has 18 nitrogen and oxygen atoms in total. The molecule has 0 radical (unpaired) electrons. The van der Waals surface area contributed by atoms with Crippen molar-refractivity contribution in [2.24, 2.45) is 11.8 Å². The number of phosphoric acid groups is 2. The fourth-order valence-electron chi connectivity index (χ4n) is 7.78. The fraction of sp³-hybridized carbons (Fsp3) is 0.735. The quantitative estimate of drug-likeness (QED) is 0.0180. The number of rotatable bonds is 26. The van der Waals surface area contributed by atoms with E-state index in [0.29, 0.717) is 19.3 Å². The van der Waals surface area contributed by atoms with Crippen LogP contribution in [0.4, 0.5) is 0 Å². The lowest BCUT2D eigenvalue weighted by Gasteiger charge is -2.38. The van der Waals surface area contributed by atoms with Gasteiger partial charge in [-0.3, -0.25) is 28.0 Å². The molecule has 1 unspecified atom stereocenters. The van der Waals surface area contributed by atoms with Gasteiger partial charge in [0, 0.05) is 18.8 Å². The smallest absolute Gasteiger partial charge is 0.462 e. The van der Waals surface area contributed by atoms with Gasteiger partial charge >= 0.3 is 27.6 Å². The van der Waals surface area contributed by atoms with E-state index in [2.05, 4.69) is 31.2 Å². The lowest BCUT2D eigenvalue weighted by molar-refractivity contribution is -0.163. The van der Waals surface area contributed by atoms with Crippen molar-refractivity contribution < 1.29 is 86.8 Å². The molecule has 11 atom stereocenters. The molecule has 2 bridgehead atoms. The Balaban J connectivity index is 2.21. The Kier molecular flexibility index (Phi) is 32.1. The fourth-order valence-corrected chi connectivity index (χ4v) is 9.31. The van der Waals surface area contributed by atoms with Crippen LogP contribution in [0.25, 0.3) is 0 Å². The molecule has 0 saturated heterocycles. The summed E-state index contributed by atoms with van der Waals surface area (Å²) in [5, 5.41) is 56.5. The second-order valence-electron chi connectivity index (χ2n) is 17.8. The topological polar surface area (TPSA) is 293 Å². The van der Waals surface area contributed by atoms with Gasteiger partial charge in [-0.05, 0) is 70.3 Å². The highest BCUT2D eigenvalue weighted by atomic mass is 31.2. The SMILES string of the molecule is CCCCC/C=C\C/C=C\CCCCCCCCCC(=O)OC[C@@H]1COP(=O)(O)O[C@H]2[C@H](O)[C@@H](O)[C@H](O)[C@H](/C=C\C(=O)[C@H](/C=C/[C@@H](O)CCCCC)[C@@H](O)[C@H]2OP(=O)(O)O)C/C=C\CCCC(=O)O1. The van der Waals surface area contributed by atoms with Gasteiger partial charge in [-0.15, -0.1) is 0 Å². The van der Waals surface area contributed by atoms with E-state index in [1.54, 1.807) is 12.2 Å². The molecule has 0 saturated carbocycles. The summed E-state index contributed by atoms with van der Waals surface area (Å²) in [5.41, 5.74) is 0. The van der Waals surface area contributed by atoms with E-state index in [-0.39, 0.29) is 32.1 Å². The minimum absolute atomic E-state index is 0.0528. The van der Waals surface area contributed by atoms with Gasteiger partial charge in [0.05, 0.1) is 30.8 Å². The van der Waals surface area contributed by atoms with Gasteiger partial charge in [0.25, 0.3) is 0 Å². The Labute approximate surface area is 408 Å². The van der Waals surface area contributed by atoms with Crippen LogP contribution in [-0.2, 0) is 46.6 Å². The first-order chi connectivity index (χ1) is 32.9. The maximum absolute atomic E-state index is 13.8. The number of unbranched alkanes of at least 4 members (excludes halogenated alkanes) is 12. The first-order valence-electron chi connectivity index (χ1n) is 24.9. The van der Waals surface area contributed by atoms with Crippen LogP contribution in [0, 0.1) is 11.8 Å². The van der Waals surface area contributed by atoms with Crippen molar-refractivity contribution in [1.82, 2.24) is 0 Å². The van der Waals surface area contributed by atoms with Crippen LogP contribution in [0.5, 0.6) is 0 Å². The zero-order valence-electron chi connectivity index (χ0n) is 40.6. The number of aliphatic hydroxyl groups is 5. The minimum Gasteiger partial charge on any atom is -0.462 e. The second kappa shape index (κ2) is 35.4. The number of ether oxygens (including phenoxy) is 2. The molecule has 1 aliphatic carbocycles. The molecule has 0 aromatic rings. The van der Waals surface area contributed by atoms with Gasteiger partial charge in [-0.1, -0.05) is 133 Å². The first-order valence-corrected chi connectivity index (χ1v) is 27.9. The van der Waals surface area contributed by atoms with Gasteiger partial charge < -0.3 is 49.7 Å². The molecule has 0 fully saturated rings. The largest absolute Gasteiger partial charge is 0.472 e. The summed E-state index contributed by atoms with van der Waals surface area (Å²) >= 11 is 0. The Morgan fingerprint density at radius 2 is 1.49 bits per heavy atom. The van der Waals surface area contributed by atoms with Crippen molar-refractivity contribution in [1.29, 1.82) is 0 Å². The molecule has 1 aliphatic heterocycles. The van der Waals surface area contributed by atoms with Crippen LogP contribution in [0.2, 0.25) is 0 Å². The van der Waals surface area contributed by atoms with Crippen LogP contribution in [0.1, 0.15) is 155 Å². The number of hydrogen-bond donors (Lipinski definition) is 8. The Hall–Kier alpha value is -2.67. The Morgan fingerprint density at radius 3 is 2.16 bits per heavy atom. The highest BCUT2D eigenvalue weighted by molar-refractivity contribution is 7.47. The maximum Gasteiger partial charge on any atom is 0.472 e. The summed E-state index contributed by atoms with van der Waals surface area (Å²) in [6.45, 7) is 2.58. The van der Waals surface area contributed by atoms with Gasteiger partial charge in [-0.2, -0.15) is 0 Å². The number of carbonyl (C=O) groups is 3. The van der Waals surface area contributed by atoms with Crippen molar-refractivity contribution in [3.63, 3.8) is 0 Å². The number of hydrogen-bond acceptors (Lipinski definition) is 15. The van der Waals surface area contributed by atoms with E-state index in [4.69, 9.17) is 23.0 Å². The Morgan fingerprint density at radius 1 is 0.855 bits per heavy atom. The van der Waals surface area contributed by atoms with Crippen molar-refractivity contribution in [3.05, 3.63) is 60.8 Å². The monoisotopic (exact) mass is 1020 g/mol. The summed E-state index contributed by atoms with van der Waals surface area (Å²) < 4.78 is 52.1. The number of carbonyl (C=O) groups excluding carboxylic acids is 3. The lowest BCUT2D eigenvalue weighted by Crippen LogP contribution is -2.56. The molecule has 20 heteroatoms. The van der Waals surface area contributed by atoms with Gasteiger partial charge in [0.1, 0.15) is 31.0 Å². The van der Waals surface area contributed by atoms with E-state index in [1.165, 1.54) is 31.4 Å². The van der Waals surface area contributed by atoms with E-state index in [0.717, 1.165) is 82.8 Å². The van der Waals surface area contributed by atoms with Crippen LogP contribution >= 0.6 is 15.6 Å². The molecule has 396 valence electrons. The predicted octanol–water partition coefficient (Wildman–Crippen LogP) is 7.46. The molecule has 0 spiro atoms. The summed E-state index contributed by atoms with van der Waals surface area (Å²) in [5.74, 6) is -5.29. The molecule has 0 aromatic heterocycles. The number of cyclic esters (lactones) is 1. The van der Waals surface area contributed by atoms with Crippen molar-refractivity contribution in [3.8, 4) is 0 Å². The molecule has 69 heavy (non-hydrogen) atoms. The minimum atomic E-state index is -5.75. The number of esters is 2. The van der Waals surface area contributed by atoms with Crippen LogP contribution in [0.15, 0.2) is 60.8 Å². The second-order valence-corrected chi connectivity index (χ2v) is 20.4. The summed E-state index contributed by atoms with van der Waals surface area (Å²) in [4.78, 5) is 70.4. The van der Waals surface area contributed by atoms with Crippen LogP contribution < -0.4 is 0 Å². The number of allylic oxidation sites excluding steroid dienone is 7. The summed E-state index contributed by atoms with van der Waals surface area (Å²) in [6, 6.07) is 0. The zero-order chi connectivity index (χ0) is 51.1. The predicted molar refractivity (Wildman–Crippen MR) is 259 cm³/mol. The standard InChI is InChI=1S/C49H82O18P2/c1-3-5-7-8-9-10-11-12-13-14-15-16-17-18-19-20-25-29-42(52)63-35-39-36-64-69(61,62)67-49-47(57)46(56)44(54)37(27-24-21-22-26-30-43(53)65-39)31-34-41(51)40(33-32-38(50)28-23-6-4-2)45(55)48(49)66-68(58,59)60/h9-10,12-13,21,24,31-34,37-40,44-50,54-57H,3-8,11,14-20,22-23,25-30,35-36H2,1-2H3,(H,61,62)(H2,58,59,60)/b10-9-,13-12-,24-21-,33-32+,34-31-/t37-,38-,39+,40-,44+,45+,46-,47+,48+,49-/m0/s1. The van der Waals surface area contributed by atoms with Crippen LogP contribution in [0.3, 0.4) is 0 Å². The normalized spacial score (nSPS) is 29.7. The number of ketones is 1. The average molecular weight is 1020 g/mol.